The number of carbonyl (C=O) groups excluding carboxylic acids is 1. The minimum atomic E-state index is -0.102. The first-order valence-electron chi connectivity index (χ1n) is 7.98. The van der Waals surface area contributed by atoms with Crippen LogP contribution in [0.3, 0.4) is 0 Å². The molecule has 24 heavy (non-hydrogen) atoms. The van der Waals surface area contributed by atoms with Crippen LogP contribution in [0.1, 0.15) is 27.0 Å². The fourth-order valence-electron chi connectivity index (χ4n) is 2.76. The van der Waals surface area contributed by atoms with Crippen molar-refractivity contribution in [3.8, 4) is 0 Å². The summed E-state index contributed by atoms with van der Waals surface area (Å²) in [5.41, 5.74) is 4.89. The molecule has 1 N–H and O–H groups in total. The van der Waals surface area contributed by atoms with Gasteiger partial charge in [-0.05, 0) is 49.8 Å². The Hall–Kier alpha value is -2.66. The molecule has 5 nitrogen and oxygen atoms in total. The molecule has 0 aliphatic carbocycles. The Balaban J connectivity index is 1.77. The van der Waals surface area contributed by atoms with E-state index in [4.69, 9.17) is 0 Å². The number of nitrogens with one attached hydrogen (secondary N) is 1. The number of amides is 1. The van der Waals surface area contributed by atoms with Gasteiger partial charge in [0.1, 0.15) is 0 Å². The molecule has 0 bridgehead atoms. The lowest BCUT2D eigenvalue weighted by atomic mass is 10.1. The van der Waals surface area contributed by atoms with Gasteiger partial charge in [0.25, 0.3) is 5.91 Å². The third kappa shape index (κ3) is 3.46. The summed E-state index contributed by atoms with van der Waals surface area (Å²) in [5, 5.41) is 7.26. The lowest BCUT2D eigenvalue weighted by Gasteiger charge is -2.14. The molecule has 1 aromatic carbocycles. The molecule has 1 amide bonds. The van der Waals surface area contributed by atoms with E-state index in [1.54, 1.807) is 10.7 Å². The average Bonchev–Trinajstić information content (AvgIpc) is 2.96. The van der Waals surface area contributed by atoms with Gasteiger partial charge in [0.15, 0.2) is 0 Å². The van der Waals surface area contributed by atoms with E-state index in [0.717, 1.165) is 23.2 Å². The van der Waals surface area contributed by atoms with Crippen molar-refractivity contribution in [2.75, 3.05) is 14.1 Å². The highest BCUT2D eigenvalue weighted by Gasteiger charge is 2.13. The average molecular weight is 322 g/mol. The minimum Gasteiger partial charge on any atom is -0.348 e. The lowest BCUT2D eigenvalue weighted by molar-refractivity contribution is 0.0952. The molecule has 0 aliphatic rings. The van der Waals surface area contributed by atoms with Gasteiger partial charge in [0.2, 0.25) is 0 Å². The molecule has 0 fully saturated rings. The second-order valence-electron chi connectivity index (χ2n) is 6.28. The Morgan fingerprint density at radius 3 is 2.71 bits per heavy atom. The summed E-state index contributed by atoms with van der Waals surface area (Å²) in [6.45, 7) is 3.36. The summed E-state index contributed by atoms with van der Waals surface area (Å²) < 4.78 is 1.72. The molecule has 124 valence electrons. The maximum absolute atomic E-state index is 12.6. The highest BCUT2D eigenvalue weighted by atomic mass is 16.1. The molecule has 0 spiro atoms. The number of aromatic nitrogens is 2. The van der Waals surface area contributed by atoms with Crippen LogP contribution in [0.25, 0.3) is 5.52 Å². The summed E-state index contributed by atoms with van der Waals surface area (Å²) in [5.74, 6) is -0.102. The van der Waals surface area contributed by atoms with E-state index in [9.17, 15) is 4.79 Å². The molecular weight excluding hydrogens is 300 g/mol. The third-order valence-electron chi connectivity index (χ3n) is 3.97. The standard InChI is InChI=1S/C19H22N4O/c1-14-8-9-23-18(10-14)17(12-21-23)19(24)20-11-15-6-4-5-7-16(15)13-22(2)3/h4-10,12H,11,13H2,1-3H3,(H,20,24). The molecule has 0 unspecified atom stereocenters. The zero-order chi connectivity index (χ0) is 17.1. The fraction of sp³-hybridized carbons (Fsp3) is 0.263. The Morgan fingerprint density at radius 1 is 1.21 bits per heavy atom. The Bertz CT molecular complexity index is 867. The van der Waals surface area contributed by atoms with Gasteiger partial charge in [-0.25, -0.2) is 4.52 Å². The van der Waals surface area contributed by atoms with Crippen LogP contribution in [0.2, 0.25) is 0 Å². The van der Waals surface area contributed by atoms with Crippen LogP contribution in [-0.4, -0.2) is 34.5 Å². The number of fused-ring (bicyclic) bond motifs is 1. The number of hydrogen-bond donors (Lipinski definition) is 1. The van der Waals surface area contributed by atoms with Gasteiger partial charge < -0.3 is 10.2 Å². The van der Waals surface area contributed by atoms with Gasteiger partial charge in [-0.1, -0.05) is 24.3 Å². The van der Waals surface area contributed by atoms with Crippen LogP contribution < -0.4 is 5.32 Å². The number of rotatable bonds is 5. The van der Waals surface area contributed by atoms with Crippen molar-refractivity contribution in [1.82, 2.24) is 19.8 Å². The van der Waals surface area contributed by atoms with E-state index in [-0.39, 0.29) is 5.91 Å². The first-order valence-corrected chi connectivity index (χ1v) is 7.98. The topological polar surface area (TPSA) is 49.6 Å². The van der Waals surface area contributed by atoms with E-state index >= 15 is 0 Å². The fourth-order valence-corrected chi connectivity index (χ4v) is 2.76. The van der Waals surface area contributed by atoms with E-state index in [1.807, 2.05) is 51.5 Å². The van der Waals surface area contributed by atoms with Crippen molar-refractivity contribution in [2.24, 2.45) is 0 Å². The second kappa shape index (κ2) is 6.84. The summed E-state index contributed by atoms with van der Waals surface area (Å²) in [6.07, 6.45) is 3.49. The summed E-state index contributed by atoms with van der Waals surface area (Å²) >= 11 is 0. The minimum absolute atomic E-state index is 0.102. The Morgan fingerprint density at radius 2 is 1.96 bits per heavy atom. The summed E-state index contributed by atoms with van der Waals surface area (Å²) in [4.78, 5) is 14.7. The number of hydrogen-bond acceptors (Lipinski definition) is 3. The number of pyridine rings is 1. The van der Waals surface area contributed by atoms with Crippen molar-refractivity contribution in [3.63, 3.8) is 0 Å². The maximum atomic E-state index is 12.6. The van der Waals surface area contributed by atoms with Crippen LogP contribution in [0.15, 0.2) is 48.8 Å². The molecule has 2 heterocycles. The highest BCUT2D eigenvalue weighted by molar-refractivity contribution is 6.00. The van der Waals surface area contributed by atoms with Crippen LogP contribution in [0.5, 0.6) is 0 Å². The van der Waals surface area contributed by atoms with Gasteiger partial charge in [-0.15, -0.1) is 0 Å². The lowest BCUT2D eigenvalue weighted by Crippen LogP contribution is -2.24. The molecule has 0 saturated heterocycles. The summed E-state index contributed by atoms with van der Waals surface area (Å²) in [7, 11) is 4.08. The molecule has 0 atom stereocenters. The predicted octanol–water partition coefficient (Wildman–Crippen LogP) is 2.63. The molecule has 3 aromatic rings. The normalized spacial score (nSPS) is 11.2. The van der Waals surface area contributed by atoms with Crippen molar-refractivity contribution in [2.45, 2.75) is 20.0 Å². The quantitative estimate of drug-likeness (QED) is 0.785. The molecule has 5 heteroatoms. The van der Waals surface area contributed by atoms with Gasteiger partial charge >= 0.3 is 0 Å². The zero-order valence-corrected chi connectivity index (χ0v) is 14.3. The van der Waals surface area contributed by atoms with E-state index in [1.165, 1.54) is 5.56 Å². The first kappa shape index (κ1) is 16.2. The molecule has 2 aromatic heterocycles. The second-order valence-corrected chi connectivity index (χ2v) is 6.28. The first-order chi connectivity index (χ1) is 11.5. The number of carbonyl (C=O) groups is 1. The SMILES string of the molecule is Cc1ccn2ncc(C(=O)NCc3ccccc3CN(C)C)c2c1. The van der Waals surface area contributed by atoms with Crippen LogP contribution in [0.4, 0.5) is 0 Å². The van der Waals surface area contributed by atoms with Crippen molar-refractivity contribution in [1.29, 1.82) is 0 Å². The van der Waals surface area contributed by atoms with Crippen LogP contribution in [-0.2, 0) is 13.1 Å². The Kier molecular flexibility index (Phi) is 4.62. The number of aryl methyl sites for hydroxylation is 1. The number of nitrogens with zero attached hydrogens (tertiary/aromatic N) is 3. The van der Waals surface area contributed by atoms with Crippen LogP contribution >= 0.6 is 0 Å². The Labute approximate surface area is 141 Å². The molecule has 3 rings (SSSR count). The summed E-state index contributed by atoms with van der Waals surface area (Å²) in [6, 6.07) is 12.1. The van der Waals surface area contributed by atoms with Gasteiger partial charge in [0, 0.05) is 19.3 Å². The van der Waals surface area contributed by atoms with Crippen molar-refractivity contribution in [3.05, 3.63) is 71.0 Å². The maximum Gasteiger partial charge on any atom is 0.255 e. The van der Waals surface area contributed by atoms with E-state index in [0.29, 0.717) is 12.1 Å². The smallest absolute Gasteiger partial charge is 0.255 e. The molecule has 0 radical (unpaired) electrons. The van der Waals surface area contributed by atoms with Gasteiger partial charge in [-0.3, -0.25) is 4.79 Å². The van der Waals surface area contributed by atoms with Crippen molar-refractivity contribution < 1.29 is 4.79 Å². The van der Waals surface area contributed by atoms with Gasteiger partial charge in [-0.2, -0.15) is 5.10 Å². The van der Waals surface area contributed by atoms with Gasteiger partial charge in [0.05, 0.1) is 17.3 Å². The molecule has 0 saturated carbocycles. The predicted molar refractivity (Wildman–Crippen MR) is 94.9 cm³/mol. The monoisotopic (exact) mass is 322 g/mol. The third-order valence-corrected chi connectivity index (χ3v) is 3.97. The van der Waals surface area contributed by atoms with Crippen molar-refractivity contribution >= 4 is 11.4 Å². The molecular formula is C19H22N4O. The van der Waals surface area contributed by atoms with Crippen LogP contribution in [0, 0.1) is 6.92 Å². The highest BCUT2D eigenvalue weighted by Crippen LogP contribution is 2.14. The number of benzene rings is 1. The molecule has 0 aliphatic heterocycles. The van der Waals surface area contributed by atoms with E-state index in [2.05, 4.69) is 27.4 Å². The zero-order valence-electron chi connectivity index (χ0n) is 14.3. The largest absolute Gasteiger partial charge is 0.348 e. The van der Waals surface area contributed by atoms with E-state index < -0.39 is 0 Å².